The third kappa shape index (κ3) is 2.63. The molecule has 1 unspecified atom stereocenters. The number of sulfonamides is 1. The van der Waals surface area contributed by atoms with Crippen LogP contribution in [0.4, 0.5) is 5.69 Å². The number of carbonyl (C=O) groups is 2. The Hall–Kier alpha value is -3.30. The molecule has 1 aromatic heterocycles. The van der Waals surface area contributed by atoms with E-state index in [1.54, 1.807) is 18.2 Å². The summed E-state index contributed by atoms with van der Waals surface area (Å²) in [5.74, 6) is -1.61. The van der Waals surface area contributed by atoms with Crippen molar-refractivity contribution in [3.8, 4) is 0 Å². The molecule has 1 N–H and O–H groups in total. The molecule has 1 aliphatic rings. The Balaban J connectivity index is 1.74. The van der Waals surface area contributed by atoms with Gasteiger partial charge in [-0.15, -0.1) is 0 Å². The average molecular weight is 398 g/mol. The summed E-state index contributed by atoms with van der Waals surface area (Å²) in [6.07, 6.45) is 1.07. The minimum atomic E-state index is -4.03. The lowest BCUT2D eigenvalue weighted by molar-refractivity contribution is -0.118. The summed E-state index contributed by atoms with van der Waals surface area (Å²) >= 11 is 0. The van der Waals surface area contributed by atoms with E-state index in [1.165, 1.54) is 30.3 Å². The molecular formula is C19H14N2O6S. The fourth-order valence-electron chi connectivity index (χ4n) is 3.15. The van der Waals surface area contributed by atoms with Crippen LogP contribution in [0.3, 0.4) is 0 Å². The van der Waals surface area contributed by atoms with Crippen LogP contribution in [0, 0.1) is 0 Å². The van der Waals surface area contributed by atoms with Crippen molar-refractivity contribution in [2.24, 2.45) is 0 Å². The number of Topliss-reactive ketones (excluding diaryl/α,β-unsaturated/α-hetero) is 1. The fraction of sp³-hybridized carbons (Fsp3) is 0.105. The number of anilines is 1. The minimum absolute atomic E-state index is 0.0636. The second kappa shape index (κ2) is 6.39. The molecule has 0 bridgehead atoms. The summed E-state index contributed by atoms with van der Waals surface area (Å²) in [7, 11) is -2.89. The van der Waals surface area contributed by atoms with Gasteiger partial charge in [-0.25, -0.2) is 8.42 Å². The number of nitrogens with zero attached hydrogens (tertiary/aromatic N) is 1. The summed E-state index contributed by atoms with van der Waals surface area (Å²) < 4.78 is 31.4. The topological polar surface area (TPSA) is 114 Å². The number of likely N-dealkylation sites (N-methyl/N-ethyl adjacent to an activating group) is 1. The standard InChI is InChI=1S/C19H14N2O6S/c1-21-16(18(23)12-7-3-5-9-15(12)28(21,25)26)19(24)20-13-10-27-14-8-4-2-6-11(14)17(13)22/h2-10,16H,1H3,(H,20,24). The molecule has 28 heavy (non-hydrogen) atoms. The van der Waals surface area contributed by atoms with Crippen molar-refractivity contribution < 1.29 is 22.4 Å². The van der Waals surface area contributed by atoms with Crippen LogP contribution in [0.15, 0.2) is 68.9 Å². The maximum Gasteiger partial charge on any atom is 0.251 e. The predicted octanol–water partition coefficient (Wildman–Crippen LogP) is 1.62. The molecule has 0 fully saturated rings. The summed E-state index contributed by atoms with van der Waals surface area (Å²) in [6, 6.07) is 10.5. The van der Waals surface area contributed by atoms with E-state index in [-0.39, 0.29) is 21.5 Å². The molecule has 9 heteroatoms. The monoisotopic (exact) mass is 398 g/mol. The first kappa shape index (κ1) is 18.1. The van der Waals surface area contributed by atoms with E-state index in [4.69, 9.17) is 4.42 Å². The summed E-state index contributed by atoms with van der Waals surface area (Å²) in [5, 5.41) is 2.58. The highest BCUT2D eigenvalue weighted by Crippen LogP contribution is 2.29. The molecule has 8 nitrogen and oxygen atoms in total. The van der Waals surface area contributed by atoms with E-state index in [2.05, 4.69) is 5.32 Å². The Morgan fingerprint density at radius 3 is 2.54 bits per heavy atom. The van der Waals surface area contributed by atoms with Crippen LogP contribution in [0.5, 0.6) is 0 Å². The smallest absolute Gasteiger partial charge is 0.251 e. The SMILES string of the molecule is CN1C(C(=O)Nc2coc3ccccc3c2=O)C(=O)c2ccccc2S1(=O)=O. The van der Waals surface area contributed by atoms with Gasteiger partial charge in [0.1, 0.15) is 17.5 Å². The molecule has 1 atom stereocenters. The van der Waals surface area contributed by atoms with E-state index in [1.807, 2.05) is 0 Å². The number of hydrogen-bond donors (Lipinski definition) is 1. The number of rotatable bonds is 2. The molecule has 1 amide bonds. The van der Waals surface area contributed by atoms with Crippen molar-refractivity contribution in [3.63, 3.8) is 0 Å². The number of amides is 1. The molecule has 142 valence electrons. The zero-order valence-corrected chi connectivity index (χ0v) is 15.4. The third-order valence-electron chi connectivity index (χ3n) is 4.61. The fourth-order valence-corrected chi connectivity index (χ4v) is 4.63. The van der Waals surface area contributed by atoms with Crippen LogP contribution in [-0.2, 0) is 14.8 Å². The van der Waals surface area contributed by atoms with Gasteiger partial charge in [-0.05, 0) is 24.3 Å². The van der Waals surface area contributed by atoms with Crippen molar-refractivity contribution in [3.05, 3.63) is 70.6 Å². The first-order valence-electron chi connectivity index (χ1n) is 8.25. The molecule has 0 aliphatic carbocycles. The number of carbonyl (C=O) groups excluding carboxylic acids is 2. The Morgan fingerprint density at radius 1 is 1.07 bits per heavy atom. The molecule has 4 rings (SSSR count). The van der Waals surface area contributed by atoms with Gasteiger partial charge in [0.05, 0.1) is 10.3 Å². The third-order valence-corrected chi connectivity index (χ3v) is 6.49. The van der Waals surface area contributed by atoms with E-state index in [0.717, 1.165) is 13.3 Å². The van der Waals surface area contributed by atoms with Crippen molar-refractivity contribution >= 4 is 38.4 Å². The lowest BCUT2D eigenvalue weighted by Crippen LogP contribution is -2.53. The molecule has 2 aromatic carbocycles. The van der Waals surface area contributed by atoms with Crippen LogP contribution in [0.1, 0.15) is 10.4 Å². The zero-order chi connectivity index (χ0) is 20.1. The first-order chi connectivity index (χ1) is 13.3. The van der Waals surface area contributed by atoms with Gasteiger partial charge in [-0.1, -0.05) is 24.3 Å². The van der Waals surface area contributed by atoms with Crippen molar-refractivity contribution in [1.29, 1.82) is 0 Å². The number of para-hydroxylation sites is 1. The van der Waals surface area contributed by atoms with Gasteiger partial charge in [-0.3, -0.25) is 14.4 Å². The van der Waals surface area contributed by atoms with Crippen molar-refractivity contribution in [1.82, 2.24) is 4.31 Å². The number of fused-ring (bicyclic) bond motifs is 2. The number of benzene rings is 2. The molecular weight excluding hydrogens is 384 g/mol. The van der Waals surface area contributed by atoms with Gasteiger partial charge in [0.25, 0.3) is 5.91 Å². The highest BCUT2D eigenvalue weighted by atomic mass is 32.2. The molecule has 0 saturated carbocycles. The minimum Gasteiger partial charge on any atom is -0.462 e. The first-order valence-corrected chi connectivity index (χ1v) is 9.69. The number of nitrogens with one attached hydrogen (secondary N) is 1. The van der Waals surface area contributed by atoms with Gasteiger partial charge in [0, 0.05) is 12.6 Å². The maximum atomic E-state index is 12.8. The van der Waals surface area contributed by atoms with Crippen LogP contribution in [0.25, 0.3) is 11.0 Å². The molecule has 1 aliphatic heterocycles. The van der Waals surface area contributed by atoms with Crippen molar-refractivity contribution in [2.75, 3.05) is 12.4 Å². The summed E-state index contributed by atoms with van der Waals surface area (Å²) in [6.45, 7) is 0. The highest BCUT2D eigenvalue weighted by molar-refractivity contribution is 7.89. The average Bonchev–Trinajstić information content (AvgIpc) is 2.69. The second-order valence-electron chi connectivity index (χ2n) is 6.25. The van der Waals surface area contributed by atoms with E-state index in [0.29, 0.717) is 9.89 Å². The lowest BCUT2D eigenvalue weighted by atomic mass is 10.0. The van der Waals surface area contributed by atoms with E-state index in [9.17, 15) is 22.8 Å². The number of hydrogen-bond acceptors (Lipinski definition) is 6. The molecule has 0 radical (unpaired) electrons. The van der Waals surface area contributed by atoms with Gasteiger partial charge in [0.2, 0.25) is 15.5 Å². The highest BCUT2D eigenvalue weighted by Gasteiger charge is 2.45. The number of ketones is 1. The van der Waals surface area contributed by atoms with Crippen molar-refractivity contribution in [2.45, 2.75) is 10.9 Å². The largest absolute Gasteiger partial charge is 0.462 e. The van der Waals surface area contributed by atoms with Crippen LogP contribution >= 0.6 is 0 Å². The second-order valence-corrected chi connectivity index (χ2v) is 8.21. The Labute approximate surface area is 159 Å². The Kier molecular flexibility index (Phi) is 4.13. The predicted molar refractivity (Wildman–Crippen MR) is 101 cm³/mol. The summed E-state index contributed by atoms with van der Waals surface area (Å²) in [4.78, 5) is 37.9. The summed E-state index contributed by atoms with van der Waals surface area (Å²) in [5.41, 5.74) is -0.398. The Bertz CT molecular complexity index is 1300. The van der Waals surface area contributed by atoms with E-state index < -0.39 is 33.2 Å². The quantitative estimate of drug-likeness (QED) is 0.656. The molecule has 3 aromatic rings. The van der Waals surface area contributed by atoms with Gasteiger partial charge < -0.3 is 9.73 Å². The molecule has 0 spiro atoms. The normalized spacial score (nSPS) is 18.6. The van der Waals surface area contributed by atoms with Gasteiger partial charge in [0.15, 0.2) is 11.8 Å². The van der Waals surface area contributed by atoms with Crippen LogP contribution in [-0.4, -0.2) is 37.5 Å². The lowest BCUT2D eigenvalue weighted by Gasteiger charge is -2.30. The Morgan fingerprint density at radius 2 is 1.75 bits per heavy atom. The zero-order valence-electron chi connectivity index (χ0n) is 14.6. The maximum absolute atomic E-state index is 12.8. The van der Waals surface area contributed by atoms with Crippen LogP contribution < -0.4 is 10.7 Å². The van der Waals surface area contributed by atoms with Gasteiger partial charge in [-0.2, -0.15) is 4.31 Å². The van der Waals surface area contributed by atoms with E-state index >= 15 is 0 Å². The molecule has 2 heterocycles. The van der Waals surface area contributed by atoms with Crippen LogP contribution in [0.2, 0.25) is 0 Å². The van der Waals surface area contributed by atoms with Gasteiger partial charge >= 0.3 is 0 Å². The molecule has 0 saturated heterocycles.